The summed E-state index contributed by atoms with van der Waals surface area (Å²) in [5.74, 6) is -0.0967. The highest BCUT2D eigenvalue weighted by molar-refractivity contribution is 7.18. The van der Waals surface area contributed by atoms with Crippen molar-refractivity contribution in [1.82, 2.24) is 14.5 Å². The predicted octanol–water partition coefficient (Wildman–Crippen LogP) is 3.85. The molecule has 3 rings (SSSR count). The molecule has 0 atom stereocenters. The minimum atomic E-state index is -0.355. The Morgan fingerprint density at radius 1 is 1.22 bits per heavy atom. The third-order valence-electron chi connectivity index (χ3n) is 4.52. The van der Waals surface area contributed by atoms with Crippen molar-refractivity contribution in [3.63, 3.8) is 0 Å². The first kappa shape index (κ1) is 19.3. The van der Waals surface area contributed by atoms with Gasteiger partial charge in [-0.05, 0) is 38.8 Å². The summed E-state index contributed by atoms with van der Waals surface area (Å²) in [5.41, 5.74) is 0.552. The molecule has 0 unspecified atom stereocenters. The molecule has 142 valence electrons. The van der Waals surface area contributed by atoms with E-state index in [0.29, 0.717) is 11.9 Å². The van der Waals surface area contributed by atoms with E-state index in [2.05, 4.69) is 11.9 Å². The van der Waals surface area contributed by atoms with Crippen LogP contribution < -0.4 is 5.56 Å². The van der Waals surface area contributed by atoms with Crippen LogP contribution in [-0.4, -0.2) is 25.9 Å². The summed E-state index contributed by atoms with van der Waals surface area (Å²) < 4.78 is 1.42. The van der Waals surface area contributed by atoms with Crippen LogP contribution in [0.15, 0.2) is 47.5 Å². The van der Waals surface area contributed by atoms with E-state index >= 15 is 0 Å². The standard InChI is InChI=1S/C21H25N3O2S/c1-5-16-11-17-19(27-16)22-14-23(20(17)26)13-18(25)24(21(2,3)4)12-15-9-7-6-8-10-15/h6-11,14H,5,12-13H2,1-4H3. The van der Waals surface area contributed by atoms with Gasteiger partial charge in [-0.1, -0.05) is 37.3 Å². The maximum Gasteiger partial charge on any atom is 0.262 e. The molecule has 27 heavy (non-hydrogen) atoms. The van der Waals surface area contributed by atoms with Crippen molar-refractivity contribution in [2.24, 2.45) is 0 Å². The molecule has 0 N–H and O–H groups in total. The van der Waals surface area contributed by atoms with Gasteiger partial charge in [0.1, 0.15) is 11.4 Å². The minimum Gasteiger partial charge on any atom is -0.332 e. The number of hydrogen-bond donors (Lipinski definition) is 0. The number of carbonyl (C=O) groups is 1. The predicted molar refractivity (Wildman–Crippen MR) is 110 cm³/mol. The molecule has 1 amide bonds. The molecule has 3 aromatic rings. The van der Waals surface area contributed by atoms with E-state index in [-0.39, 0.29) is 23.6 Å². The van der Waals surface area contributed by atoms with Gasteiger partial charge in [-0.3, -0.25) is 14.2 Å². The van der Waals surface area contributed by atoms with E-state index in [1.807, 2.05) is 62.1 Å². The Hall–Kier alpha value is -2.47. The van der Waals surface area contributed by atoms with Crippen LogP contribution in [0.25, 0.3) is 10.2 Å². The van der Waals surface area contributed by atoms with Crippen molar-refractivity contribution in [2.75, 3.05) is 0 Å². The number of thiophene rings is 1. The molecule has 2 heterocycles. The zero-order valence-electron chi connectivity index (χ0n) is 16.2. The maximum absolute atomic E-state index is 13.1. The quantitative estimate of drug-likeness (QED) is 0.672. The van der Waals surface area contributed by atoms with E-state index in [1.54, 1.807) is 0 Å². The van der Waals surface area contributed by atoms with Gasteiger partial charge in [-0.2, -0.15) is 0 Å². The number of hydrogen-bond acceptors (Lipinski definition) is 4. The van der Waals surface area contributed by atoms with Crippen LogP contribution in [0.4, 0.5) is 0 Å². The van der Waals surface area contributed by atoms with E-state index in [1.165, 1.54) is 22.2 Å². The maximum atomic E-state index is 13.1. The first-order valence-electron chi connectivity index (χ1n) is 9.12. The summed E-state index contributed by atoms with van der Waals surface area (Å²) in [6.45, 7) is 8.56. The molecule has 0 aliphatic carbocycles. The molecule has 5 nitrogen and oxygen atoms in total. The molecule has 2 aromatic heterocycles. The average Bonchev–Trinajstić information content (AvgIpc) is 3.06. The first-order valence-corrected chi connectivity index (χ1v) is 9.93. The number of aromatic nitrogens is 2. The Morgan fingerprint density at radius 2 is 1.93 bits per heavy atom. The Bertz CT molecular complexity index is 1000. The SMILES string of the molecule is CCc1cc2c(=O)n(CC(=O)N(Cc3ccccc3)C(C)(C)C)cnc2s1. The van der Waals surface area contributed by atoms with Crippen LogP contribution >= 0.6 is 11.3 Å². The number of fused-ring (bicyclic) bond motifs is 1. The number of rotatable bonds is 5. The fourth-order valence-corrected chi connectivity index (χ4v) is 3.92. The van der Waals surface area contributed by atoms with Gasteiger partial charge in [0.15, 0.2) is 0 Å². The second-order valence-corrected chi connectivity index (χ2v) is 8.71. The fourth-order valence-electron chi connectivity index (χ4n) is 2.99. The highest BCUT2D eigenvalue weighted by Gasteiger charge is 2.27. The number of carbonyl (C=O) groups excluding carboxylic acids is 1. The van der Waals surface area contributed by atoms with E-state index < -0.39 is 0 Å². The monoisotopic (exact) mass is 383 g/mol. The molecule has 0 saturated heterocycles. The number of nitrogens with zero attached hydrogens (tertiary/aromatic N) is 3. The molecular weight excluding hydrogens is 358 g/mol. The van der Waals surface area contributed by atoms with Gasteiger partial charge in [-0.25, -0.2) is 4.98 Å². The largest absolute Gasteiger partial charge is 0.332 e. The van der Waals surface area contributed by atoms with Crippen LogP contribution in [0.5, 0.6) is 0 Å². The molecule has 1 aromatic carbocycles. The van der Waals surface area contributed by atoms with Crippen LogP contribution in [0, 0.1) is 0 Å². The molecule has 0 radical (unpaired) electrons. The fraction of sp³-hybridized carbons (Fsp3) is 0.381. The lowest BCUT2D eigenvalue weighted by Crippen LogP contribution is -2.47. The molecular formula is C21H25N3O2S. The van der Waals surface area contributed by atoms with Crippen molar-refractivity contribution in [3.05, 3.63) is 63.5 Å². The van der Waals surface area contributed by atoms with Crippen molar-refractivity contribution in [3.8, 4) is 0 Å². The Kier molecular flexibility index (Phi) is 5.46. The molecule has 0 aliphatic rings. The van der Waals surface area contributed by atoms with Crippen molar-refractivity contribution in [1.29, 1.82) is 0 Å². The number of amides is 1. The highest BCUT2D eigenvalue weighted by Crippen LogP contribution is 2.21. The minimum absolute atomic E-state index is 0.0107. The molecule has 0 fully saturated rings. The third-order valence-corrected chi connectivity index (χ3v) is 5.70. The highest BCUT2D eigenvalue weighted by atomic mass is 32.1. The van der Waals surface area contributed by atoms with Gasteiger partial charge < -0.3 is 4.90 Å². The Balaban J connectivity index is 1.88. The Labute approximate surface area is 163 Å². The van der Waals surface area contributed by atoms with E-state index in [0.717, 1.165) is 21.7 Å². The normalized spacial score (nSPS) is 11.7. The molecule has 0 aliphatic heterocycles. The van der Waals surface area contributed by atoms with Crippen molar-refractivity contribution < 1.29 is 4.79 Å². The van der Waals surface area contributed by atoms with Gasteiger partial charge >= 0.3 is 0 Å². The van der Waals surface area contributed by atoms with Crippen molar-refractivity contribution in [2.45, 2.75) is 52.7 Å². The van der Waals surface area contributed by atoms with Crippen LogP contribution in [0.1, 0.15) is 38.1 Å². The summed E-state index contributed by atoms with van der Waals surface area (Å²) in [5, 5.41) is 0.595. The summed E-state index contributed by atoms with van der Waals surface area (Å²) in [7, 11) is 0. The van der Waals surface area contributed by atoms with E-state index in [4.69, 9.17) is 0 Å². The van der Waals surface area contributed by atoms with Crippen molar-refractivity contribution >= 4 is 27.5 Å². The summed E-state index contributed by atoms with van der Waals surface area (Å²) in [6, 6.07) is 11.8. The number of aryl methyl sites for hydroxylation is 1. The van der Waals surface area contributed by atoms with Gasteiger partial charge in [0.25, 0.3) is 5.56 Å². The molecule has 0 spiro atoms. The number of benzene rings is 1. The summed E-state index contributed by atoms with van der Waals surface area (Å²) >= 11 is 1.53. The lowest BCUT2D eigenvalue weighted by molar-refractivity contribution is -0.137. The van der Waals surface area contributed by atoms with Crippen LogP contribution in [0.3, 0.4) is 0 Å². The molecule has 6 heteroatoms. The second kappa shape index (κ2) is 7.64. The third kappa shape index (κ3) is 4.27. The second-order valence-electron chi connectivity index (χ2n) is 7.60. The van der Waals surface area contributed by atoms with Gasteiger partial charge in [0.2, 0.25) is 5.91 Å². The smallest absolute Gasteiger partial charge is 0.262 e. The van der Waals surface area contributed by atoms with Gasteiger partial charge in [0.05, 0.1) is 11.7 Å². The zero-order chi connectivity index (χ0) is 19.6. The topological polar surface area (TPSA) is 55.2 Å². The first-order chi connectivity index (χ1) is 12.8. The van der Waals surface area contributed by atoms with Gasteiger partial charge in [0, 0.05) is 17.0 Å². The van der Waals surface area contributed by atoms with E-state index in [9.17, 15) is 9.59 Å². The van der Waals surface area contributed by atoms with Gasteiger partial charge in [-0.15, -0.1) is 11.3 Å². The average molecular weight is 384 g/mol. The summed E-state index contributed by atoms with van der Waals surface area (Å²) in [4.78, 5) is 33.9. The lowest BCUT2D eigenvalue weighted by atomic mass is 10.0. The molecule has 0 saturated carbocycles. The van der Waals surface area contributed by atoms with Crippen LogP contribution in [0.2, 0.25) is 0 Å². The lowest BCUT2D eigenvalue weighted by Gasteiger charge is -2.36. The zero-order valence-corrected chi connectivity index (χ0v) is 17.0. The Morgan fingerprint density at radius 3 is 2.56 bits per heavy atom. The summed E-state index contributed by atoms with van der Waals surface area (Å²) in [6.07, 6.45) is 2.36. The van der Waals surface area contributed by atoms with Crippen LogP contribution in [-0.2, 0) is 24.3 Å². The molecule has 0 bridgehead atoms.